The highest BCUT2D eigenvalue weighted by atomic mass is 32.1. The lowest BCUT2D eigenvalue weighted by Crippen LogP contribution is -2.38. The lowest BCUT2D eigenvalue weighted by atomic mass is 10.2. The fourth-order valence-electron chi connectivity index (χ4n) is 1.79. The van der Waals surface area contributed by atoms with E-state index in [-0.39, 0.29) is 24.7 Å². The molecule has 0 spiro atoms. The molecule has 0 amide bonds. The maximum atomic E-state index is 11.4. The standard InChI is InChI=1S/C15H20N2O7S/c18-14(19)13(10-25)16-7-1-2-8-23-15(20)24-9-11-3-5-12(6-4-11)17(21)22/h3-6,13,16,25H,1-2,7-10H2,(H,18,19)/t13-/m0/s1. The van der Waals surface area contributed by atoms with Gasteiger partial charge in [-0.3, -0.25) is 14.9 Å². The van der Waals surface area contributed by atoms with E-state index < -0.39 is 23.1 Å². The van der Waals surface area contributed by atoms with Gasteiger partial charge >= 0.3 is 12.1 Å². The average Bonchev–Trinajstić information content (AvgIpc) is 2.59. The van der Waals surface area contributed by atoms with Crippen LogP contribution in [0.5, 0.6) is 0 Å². The Morgan fingerprint density at radius 1 is 1.24 bits per heavy atom. The molecule has 10 heteroatoms. The van der Waals surface area contributed by atoms with Crippen molar-refractivity contribution in [3.05, 3.63) is 39.9 Å². The minimum atomic E-state index is -0.957. The van der Waals surface area contributed by atoms with Crippen molar-refractivity contribution >= 4 is 30.4 Å². The van der Waals surface area contributed by atoms with Crippen molar-refractivity contribution in [2.45, 2.75) is 25.5 Å². The lowest BCUT2D eigenvalue weighted by Gasteiger charge is -2.11. The minimum Gasteiger partial charge on any atom is -0.480 e. The number of nitrogens with one attached hydrogen (secondary N) is 1. The van der Waals surface area contributed by atoms with Crippen molar-refractivity contribution in [3.63, 3.8) is 0 Å². The van der Waals surface area contributed by atoms with Gasteiger partial charge in [0.25, 0.3) is 5.69 Å². The highest BCUT2D eigenvalue weighted by molar-refractivity contribution is 7.80. The number of carboxylic acid groups (broad SMARTS) is 1. The first-order chi connectivity index (χ1) is 11.9. The number of ether oxygens (including phenoxy) is 2. The largest absolute Gasteiger partial charge is 0.508 e. The maximum Gasteiger partial charge on any atom is 0.508 e. The van der Waals surface area contributed by atoms with Crippen molar-refractivity contribution in [2.75, 3.05) is 18.9 Å². The topological polar surface area (TPSA) is 128 Å². The molecule has 0 aromatic heterocycles. The van der Waals surface area contributed by atoms with Crippen LogP contribution in [0, 0.1) is 10.1 Å². The van der Waals surface area contributed by atoms with E-state index in [0.717, 1.165) is 0 Å². The van der Waals surface area contributed by atoms with E-state index in [0.29, 0.717) is 24.9 Å². The molecule has 0 aliphatic rings. The van der Waals surface area contributed by atoms with E-state index >= 15 is 0 Å². The number of carbonyl (C=O) groups excluding carboxylic acids is 1. The zero-order valence-corrected chi connectivity index (χ0v) is 14.3. The first-order valence-electron chi connectivity index (χ1n) is 7.54. The molecule has 1 aromatic rings. The van der Waals surface area contributed by atoms with E-state index in [1.54, 1.807) is 0 Å². The van der Waals surface area contributed by atoms with Crippen molar-refractivity contribution in [3.8, 4) is 0 Å². The highest BCUT2D eigenvalue weighted by Crippen LogP contribution is 2.12. The number of rotatable bonds is 11. The number of benzene rings is 1. The first-order valence-corrected chi connectivity index (χ1v) is 8.17. The summed E-state index contributed by atoms with van der Waals surface area (Å²) < 4.78 is 9.77. The van der Waals surface area contributed by atoms with Crippen molar-refractivity contribution in [1.82, 2.24) is 5.32 Å². The number of thiol groups is 1. The molecular formula is C15H20N2O7S. The monoisotopic (exact) mass is 372 g/mol. The predicted molar refractivity (Wildman–Crippen MR) is 91.7 cm³/mol. The van der Waals surface area contributed by atoms with E-state index in [4.69, 9.17) is 14.6 Å². The number of non-ortho nitro benzene ring substituents is 1. The summed E-state index contributed by atoms with van der Waals surface area (Å²) in [5.74, 6) is -0.762. The van der Waals surface area contributed by atoms with Gasteiger partial charge in [-0.1, -0.05) is 0 Å². The Morgan fingerprint density at radius 2 is 1.92 bits per heavy atom. The molecule has 0 unspecified atom stereocenters. The molecular weight excluding hydrogens is 352 g/mol. The van der Waals surface area contributed by atoms with E-state index in [1.165, 1.54) is 24.3 Å². The third-order valence-corrected chi connectivity index (χ3v) is 3.53. The van der Waals surface area contributed by atoms with Gasteiger partial charge in [-0.2, -0.15) is 12.6 Å². The van der Waals surface area contributed by atoms with Crippen LogP contribution in [0.25, 0.3) is 0 Å². The molecule has 0 aliphatic carbocycles. The zero-order chi connectivity index (χ0) is 18.7. The molecule has 0 fully saturated rings. The first kappa shape index (κ1) is 20.7. The van der Waals surface area contributed by atoms with Crippen LogP contribution in [0.3, 0.4) is 0 Å². The molecule has 0 bridgehead atoms. The van der Waals surface area contributed by atoms with Gasteiger partial charge in [-0.15, -0.1) is 0 Å². The summed E-state index contributed by atoms with van der Waals surface area (Å²) in [6, 6.07) is 4.95. The molecule has 1 aromatic carbocycles. The van der Waals surface area contributed by atoms with Crippen LogP contribution in [0.1, 0.15) is 18.4 Å². The van der Waals surface area contributed by atoms with Crippen LogP contribution >= 0.6 is 12.6 Å². The summed E-state index contributed by atoms with van der Waals surface area (Å²) >= 11 is 3.93. The number of unbranched alkanes of at least 4 members (excludes halogenated alkanes) is 1. The van der Waals surface area contributed by atoms with Crippen LogP contribution in [-0.4, -0.2) is 47.1 Å². The van der Waals surface area contributed by atoms with Crippen LogP contribution in [-0.2, 0) is 20.9 Å². The van der Waals surface area contributed by atoms with Crippen LogP contribution < -0.4 is 5.32 Å². The maximum absolute atomic E-state index is 11.4. The molecule has 25 heavy (non-hydrogen) atoms. The molecule has 1 rings (SSSR count). The molecule has 1 atom stereocenters. The van der Waals surface area contributed by atoms with Gasteiger partial charge < -0.3 is 19.9 Å². The quantitative estimate of drug-likeness (QED) is 0.177. The van der Waals surface area contributed by atoms with Gasteiger partial charge in [0.15, 0.2) is 0 Å². The number of nitrogens with zero attached hydrogens (tertiary/aromatic N) is 1. The number of carboxylic acids is 1. The molecule has 2 N–H and O–H groups in total. The Kier molecular flexibility index (Phi) is 9.33. The number of carbonyl (C=O) groups is 2. The fourth-order valence-corrected chi connectivity index (χ4v) is 2.07. The van der Waals surface area contributed by atoms with Gasteiger partial charge in [0.2, 0.25) is 0 Å². The Hall–Kier alpha value is -2.33. The Balaban J connectivity index is 2.13. The Bertz CT molecular complexity index is 580. The summed E-state index contributed by atoms with van der Waals surface area (Å²) in [5.41, 5.74) is 0.571. The molecule has 138 valence electrons. The molecule has 0 radical (unpaired) electrons. The van der Waals surface area contributed by atoms with Crippen molar-refractivity contribution in [1.29, 1.82) is 0 Å². The van der Waals surface area contributed by atoms with Gasteiger partial charge in [0, 0.05) is 17.9 Å². The molecule has 0 saturated carbocycles. The number of hydrogen-bond acceptors (Lipinski definition) is 8. The summed E-state index contributed by atoms with van der Waals surface area (Å²) in [5, 5.41) is 22.2. The van der Waals surface area contributed by atoms with E-state index in [2.05, 4.69) is 17.9 Å². The predicted octanol–water partition coefficient (Wildman–Crippen LogP) is 2.00. The fraction of sp³-hybridized carbons (Fsp3) is 0.467. The van der Waals surface area contributed by atoms with Gasteiger partial charge in [-0.25, -0.2) is 4.79 Å². The molecule has 0 aliphatic heterocycles. The Morgan fingerprint density at radius 3 is 2.48 bits per heavy atom. The highest BCUT2D eigenvalue weighted by Gasteiger charge is 2.13. The number of nitro benzene ring substituents is 1. The summed E-state index contributed by atoms with van der Waals surface area (Å²) in [4.78, 5) is 32.2. The summed E-state index contributed by atoms with van der Waals surface area (Å²) in [6.07, 6.45) is 0.358. The average molecular weight is 372 g/mol. The second kappa shape index (κ2) is 11.3. The van der Waals surface area contributed by atoms with E-state index in [9.17, 15) is 19.7 Å². The second-order valence-electron chi connectivity index (χ2n) is 5.05. The van der Waals surface area contributed by atoms with Crippen molar-refractivity contribution < 1.29 is 29.1 Å². The number of nitro groups is 1. The van der Waals surface area contributed by atoms with Gasteiger partial charge in [-0.05, 0) is 37.1 Å². The van der Waals surface area contributed by atoms with Crippen LogP contribution in [0.4, 0.5) is 10.5 Å². The smallest absolute Gasteiger partial charge is 0.480 e. The van der Waals surface area contributed by atoms with Crippen molar-refractivity contribution in [2.24, 2.45) is 0 Å². The molecule has 0 saturated heterocycles. The second-order valence-corrected chi connectivity index (χ2v) is 5.41. The van der Waals surface area contributed by atoms with E-state index in [1.807, 2.05) is 0 Å². The third-order valence-electron chi connectivity index (χ3n) is 3.17. The number of hydrogen-bond donors (Lipinski definition) is 3. The summed E-state index contributed by atoms with van der Waals surface area (Å²) in [7, 11) is 0. The third kappa shape index (κ3) is 8.36. The molecule has 9 nitrogen and oxygen atoms in total. The Labute approximate surface area is 149 Å². The molecule has 0 heterocycles. The van der Waals surface area contributed by atoms with Crippen LogP contribution in [0.2, 0.25) is 0 Å². The summed E-state index contributed by atoms with van der Waals surface area (Å²) in [6.45, 7) is 0.582. The minimum absolute atomic E-state index is 0.0389. The lowest BCUT2D eigenvalue weighted by molar-refractivity contribution is -0.384. The van der Waals surface area contributed by atoms with Crippen LogP contribution in [0.15, 0.2) is 24.3 Å². The zero-order valence-electron chi connectivity index (χ0n) is 13.4. The number of aliphatic carboxylic acids is 1. The SMILES string of the molecule is O=C(OCCCCN[C@@H](CS)C(=O)O)OCc1ccc([N+](=O)[O-])cc1. The van der Waals surface area contributed by atoms with Gasteiger partial charge in [0.1, 0.15) is 12.6 Å². The van der Waals surface area contributed by atoms with Gasteiger partial charge in [0.05, 0.1) is 11.5 Å². The normalized spacial score (nSPS) is 11.6.